The van der Waals surface area contributed by atoms with Crippen molar-refractivity contribution in [1.82, 2.24) is 0 Å². The Labute approximate surface area is 44.3 Å². The zero-order valence-corrected chi connectivity index (χ0v) is 4.48. The highest BCUT2D eigenvalue weighted by atomic mass is 16.1. The summed E-state index contributed by atoms with van der Waals surface area (Å²) in [4.78, 5) is 9.96. The van der Waals surface area contributed by atoms with Gasteiger partial charge < -0.3 is 5.73 Å². The fourth-order valence-electron chi connectivity index (χ4n) is 0.287. The maximum atomic E-state index is 9.96. The highest BCUT2D eigenvalue weighted by molar-refractivity contribution is 6.33. The van der Waals surface area contributed by atoms with Gasteiger partial charge >= 0.3 is 0 Å². The van der Waals surface area contributed by atoms with E-state index in [2.05, 4.69) is 0 Å². The molecule has 3 heteroatoms. The van der Waals surface area contributed by atoms with Crippen molar-refractivity contribution < 1.29 is 4.79 Å². The lowest BCUT2D eigenvalue weighted by Crippen LogP contribution is -2.09. The van der Waals surface area contributed by atoms with Crippen LogP contribution in [-0.2, 0) is 4.79 Å². The first-order valence-corrected chi connectivity index (χ1v) is 2.33. The third kappa shape index (κ3) is 5.53. The van der Waals surface area contributed by atoms with Crippen LogP contribution < -0.4 is 5.73 Å². The van der Waals surface area contributed by atoms with Gasteiger partial charge in [0.2, 0.25) is 5.91 Å². The van der Waals surface area contributed by atoms with E-state index in [1.54, 1.807) is 0 Å². The van der Waals surface area contributed by atoms with E-state index in [9.17, 15) is 4.79 Å². The van der Waals surface area contributed by atoms with Crippen LogP contribution >= 0.6 is 0 Å². The predicted octanol–water partition coefficient (Wildman–Crippen LogP) is 0.0324. The Bertz CT molecular complexity index is 64.7. The first-order valence-electron chi connectivity index (χ1n) is 2.33. The second-order valence-corrected chi connectivity index (χ2v) is 1.41. The molecule has 0 aromatic carbocycles. The lowest BCUT2D eigenvalue weighted by molar-refractivity contribution is -0.117. The van der Waals surface area contributed by atoms with Gasteiger partial charge in [0.15, 0.2) is 0 Å². The average molecular weight is 97.9 g/mol. The maximum absolute atomic E-state index is 9.96. The minimum atomic E-state index is -0.224. The van der Waals surface area contributed by atoms with Crippen LogP contribution in [0.2, 0.25) is 13.1 Å². The minimum Gasteiger partial charge on any atom is -0.370 e. The molecule has 0 saturated carbocycles. The van der Waals surface area contributed by atoms with Crippen molar-refractivity contribution >= 4 is 13.2 Å². The Morgan fingerprint density at radius 3 is 2.57 bits per heavy atom. The van der Waals surface area contributed by atoms with Crippen molar-refractivity contribution in [3.63, 3.8) is 0 Å². The molecule has 0 saturated heterocycles. The Balaban J connectivity index is 2.82. The highest BCUT2D eigenvalue weighted by Gasteiger charge is 1.89. The van der Waals surface area contributed by atoms with Crippen LogP contribution in [0.3, 0.4) is 0 Å². The molecule has 0 aromatic heterocycles. The summed E-state index contributed by atoms with van der Waals surface area (Å²) in [7, 11) is 1.92. The van der Waals surface area contributed by atoms with Crippen LogP contribution in [0.15, 0.2) is 0 Å². The summed E-state index contributed by atoms with van der Waals surface area (Å²) in [6.45, 7) is 1.91. The number of carbonyl (C=O) groups excluding carboxylic acids is 1. The topological polar surface area (TPSA) is 43.1 Å². The largest absolute Gasteiger partial charge is 0.370 e. The SMILES string of the molecule is C[B]CCC(N)=O. The van der Waals surface area contributed by atoms with E-state index in [0.717, 1.165) is 6.32 Å². The van der Waals surface area contributed by atoms with E-state index in [1.807, 2.05) is 14.1 Å². The molecule has 0 rings (SSSR count). The number of carbonyl (C=O) groups is 1. The van der Waals surface area contributed by atoms with Crippen LogP contribution in [0.4, 0.5) is 0 Å². The van der Waals surface area contributed by atoms with Gasteiger partial charge in [0, 0.05) is 6.42 Å². The van der Waals surface area contributed by atoms with Gasteiger partial charge in [-0.1, -0.05) is 13.1 Å². The number of rotatable bonds is 3. The van der Waals surface area contributed by atoms with Gasteiger partial charge in [-0.2, -0.15) is 0 Å². The molecule has 0 atom stereocenters. The standard InChI is InChI=1S/C4H9BNO/c1-5-3-2-4(6)7/h2-3H2,1H3,(H2,6,7). The summed E-state index contributed by atoms with van der Waals surface area (Å²) in [5.74, 6) is -0.224. The van der Waals surface area contributed by atoms with Crippen molar-refractivity contribution in [1.29, 1.82) is 0 Å². The molecule has 7 heavy (non-hydrogen) atoms. The minimum absolute atomic E-state index is 0.224. The Morgan fingerprint density at radius 1 is 1.86 bits per heavy atom. The zero-order chi connectivity index (χ0) is 5.70. The lowest BCUT2D eigenvalue weighted by Gasteiger charge is -1.85. The molecule has 0 aliphatic carbocycles. The molecule has 0 spiro atoms. The summed E-state index contributed by atoms with van der Waals surface area (Å²) < 4.78 is 0. The van der Waals surface area contributed by atoms with Gasteiger partial charge in [0.05, 0.1) is 0 Å². The van der Waals surface area contributed by atoms with Crippen molar-refractivity contribution in [3.05, 3.63) is 0 Å². The summed E-state index contributed by atoms with van der Waals surface area (Å²) in [6.07, 6.45) is 1.28. The molecule has 1 amide bonds. The molecule has 0 heterocycles. The third-order valence-electron chi connectivity index (χ3n) is 0.679. The highest BCUT2D eigenvalue weighted by Crippen LogP contribution is 1.83. The van der Waals surface area contributed by atoms with Gasteiger partial charge in [0.25, 0.3) is 0 Å². The summed E-state index contributed by atoms with van der Waals surface area (Å²) in [6, 6.07) is 0. The lowest BCUT2D eigenvalue weighted by atomic mass is 9.77. The fraction of sp³-hybridized carbons (Fsp3) is 0.750. The van der Waals surface area contributed by atoms with E-state index in [0.29, 0.717) is 6.42 Å². The second kappa shape index (κ2) is 3.72. The Kier molecular flexibility index (Phi) is 3.47. The van der Waals surface area contributed by atoms with Crippen LogP contribution in [0.5, 0.6) is 0 Å². The predicted molar refractivity (Wildman–Crippen MR) is 30.2 cm³/mol. The van der Waals surface area contributed by atoms with Crippen LogP contribution in [0.1, 0.15) is 6.42 Å². The van der Waals surface area contributed by atoms with Gasteiger partial charge in [-0.05, 0) is 0 Å². The number of hydrogen-bond donors (Lipinski definition) is 1. The molecule has 0 bridgehead atoms. The number of primary amides is 1. The van der Waals surface area contributed by atoms with Crippen molar-refractivity contribution in [2.24, 2.45) is 5.73 Å². The molecule has 1 radical (unpaired) electrons. The molecule has 0 aromatic rings. The number of hydrogen-bond acceptors (Lipinski definition) is 1. The van der Waals surface area contributed by atoms with Crippen molar-refractivity contribution in [2.75, 3.05) is 0 Å². The monoisotopic (exact) mass is 98.1 g/mol. The molecule has 0 unspecified atom stereocenters. The molecule has 39 valence electrons. The fourth-order valence-corrected chi connectivity index (χ4v) is 0.287. The van der Waals surface area contributed by atoms with Crippen LogP contribution in [0.25, 0.3) is 0 Å². The van der Waals surface area contributed by atoms with E-state index >= 15 is 0 Å². The molecule has 0 aliphatic heterocycles. The molecule has 0 fully saturated rings. The van der Waals surface area contributed by atoms with Crippen LogP contribution in [-0.4, -0.2) is 13.2 Å². The van der Waals surface area contributed by atoms with E-state index in [4.69, 9.17) is 5.73 Å². The molecule has 2 N–H and O–H groups in total. The van der Waals surface area contributed by atoms with Crippen molar-refractivity contribution in [2.45, 2.75) is 19.6 Å². The third-order valence-corrected chi connectivity index (χ3v) is 0.679. The Hall–Kier alpha value is -0.465. The van der Waals surface area contributed by atoms with Crippen molar-refractivity contribution in [3.8, 4) is 0 Å². The first-order chi connectivity index (χ1) is 3.27. The number of amides is 1. The first kappa shape index (κ1) is 6.53. The summed E-state index contributed by atoms with van der Waals surface area (Å²) in [5.41, 5.74) is 4.82. The summed E-state index contributed by atoms with van der Waals surface area (Å²) >= 11 is 0. The summed E-state index contributed by atoms with van der Waals surface area (Å²) in [5, 5.41) is 0. The average Bonchev–Trinajstić information content (AvgIpc) is 1.61. The zero-order valence-electron chi connectivity index (χ0n) is 4.48. The van der Waals surface area contributed by atoms with E-state index < -0.39 is 0 Å². The molecular formula is C4H9BNO. The normalized spacial score (nSPS) is 8.14. The van der Waals surface area contributed by atoms with Gasteiger partial charge in [-0.3, -0.25) is 4.79 Å². The van der Waals surface area contributed by atoms with E-state index in [-0.39, 0.29) is 5.91 Å². The molecule has 2 nitrogen and oxygen atoms in total. The maximum Gasteiger partial charge on any atom is 0.216 e. The smallest absolute Gasteiger partial charge is 0.216 e. The van der Waals surface area contributed by atoms with Crippen LogP contribution in [0, 0.1) is 0 Å². The Morgan fingerprint density at radius 2 is 2.43 bits per heavy atom. The van der Waals surface area contributed by atoms with Gasteiger partial charge in [-0.25, -0.2) is 0 Å². The van der Waals surface area contributed by atoms with Gasteiger partial charge in [-0.15, -0.1) is 0 Å². The quantitative estimate of drug-likeness (QED) is 0.497. The van der Waals surface area contributed by atoms with E-state index in [1.165, 1.54) is 0 Å². The second-order valence-electron chi connectivity index (χ2n) is 1.41. The molecule has 0 aliphatic rings. The number of nitrogens with two attached hydrogens (primary N) is 1. The molecular weight excluding hydrogens is 88.9 g/mol. The van der Waals surface area contributed by atoms with Gasteiger partial charge in [0.1, 0.15) is 7.28 Å².